The van der Waals surface area contributed by atoms with Gasteiger partial charge in [0.25, 0.3) is 5.91 Å². The fraction of sp³-hybridized carbons (Fsp3) is 0.500. The predicted octanol–water partition coefficient (Wildman–Crippen LogP) is 4.97. The number of carbonyl (C=O) groups excluding carboxylic acids is 1. The van der Waals surface area contributed by atoms with E-state index in [9.17, 15) is 13.2 Å². The molecule has 3 rings (SSSR count). The van der Waals surface area contributed by atoms with Gasteiger partial charge in [0.15, 0.2) is 0 Å². The van der Waals surface area contributed by atoms with Gasteiger partial charge in [-0.25, -0.2) is 0 Å². The molecule has 0 N–H and O–H groups in total. The molecule has 0 radical (unpaired) electrons. The number of rotatable bonds is 12. The van der Waals surface area contributed by atoms with Crippen LogP contribution in [0.4, 0.5) is 0 Å². The molecule has 7 heteroatoms. The summed E-state index contributed by atoms with van der Waals surface area (Å²) in [6.07, 6.45) is 8.94. The van der Waals surface area contributed by atoms with Gasteiger partial charge in [0.05, 0.1) is 12.4 Å². The highest BCUT2D eigenvalue weighted by Crippen LogP contribution is 2.20. The largest absolute Gasteiger partial charge is 0.383 e. The Hall–Kier alpha value is -2.38. The maximum atomic E-state index is 13.4. The fourth-order valence-corrected chi connectivity index (χ4v) is 4.51. The standard InChI is InChI=1S/C26H35NO5S/c1-3-4-5-6-8-21-10-14-23(15-11-21)26(28)27(20-25-9-7-18-31-25)19-22-12-16-24(17-13-22)32-33(2,29)30/h10-17,25H,3-9,18-20H2,1-2H3. The van der Waals surface area contributed by atoms with Crippen LogP contribution >= 0.6 is 0 Å². The topological polar surface area (TPSA) is 72.9 Å². The van der Waals surface area contributed by atoms with Crippen molar-refractivity contribution >= 4 is 16.0 Å². The van der Waals surface area contributed by atoms with Crippen LogP contribution in [0.2, 0.25) is 0 Å². The molecule has 180 valence electrons. The molecule has 1 atom stereocenters. The number of unbranched alkanes of at least 4 members (excludes halogenated alkanes) is 3. The number of hydrogen-bond donors (Lipinski definition) is 0. The summed E-state index contributed by atoms with van der Waals surface area (Å²) in [7, 11) is -3.57. The van der Waals surface area contributed by atoms with Crippen LogP contribution in [-0.4, -0.2) is 44.7 Å². The minimum atomic E-state index is -3.57. The molecule has 1 fully saturated rings. The van der Waals surface area contributed by atoms with Crippen molar-refractivity contribution < 1.29 is 22.1 Å². The van der Waals surface area contributed by atoms with Crippen LogP contribution in [0.5, 0.6) is 5.75 Å². The highest BCUT2D eigenvalue weighted by Gasteiger charge is 2.24. The Morgan fingerprint density at radius 3 is 2.33 bits per heavy atom. The highest BCUT2D eigenvalue weighted by atomic mass is 32.2. The quantitative estimate of drug-likeness (QED) is 0.321. The fourth-order valence-electron chi connectivity index (χ4n) is 4.05. The van der Waals surface area contributed by atoms with Crippen molar-refractivity contribution in [2.75, 3.05) is 19.4 Å². The van der Waals surface area contributed by atoms with Gasteiger partial charge in [0.1, 0.15) is 5.75 Å². The van der Waals surface area contributed by atoms with Crippen molar-refractivity contribution in [2.24, 2.45) is 0 Å². The first kappa shape index (κ1) is 25.2. The lowest BCUT2D eigenvalue weighted by atomic mass is 10.0. The monoisotopic (exact) mass is 473 g/mol. The lowest BCUT2D eigenvalue weighted by Crippen LogP contribution is -2.37. The number of ether oxygens (including phenoxy) is 1. The van der Waals surface area contributed by atoms with E-state index in [1.54, 1.807) is 24.3 Å². The van der Waals surface area contributed by atoms with Crippen molar-refractivity contribution in [1.29, 1.82) is 0 Å². The van der Waals surface area contributed by atoms with Crippen LogP contribution in [0.15, 0.2) is 48.5 Å². The Bertz CT molecular complexity index is 980. The number of aryl methyl sites for hydroxylation is 1. The molecule has 1 aliphatic rings. The molecule has 0 bridgehead atoms. The van der Waals surface area contributed by atoms with Gasteiger partial charge in [-0.2, -0.15) is 8.42 Å². The van der Waals surface area contributed by atoms with Crippen molar-refractivity contribution in [3.8, 4) is 5.75 Å². The van der Waals surface area contributed by atoms with Crippen LogP contribution in [0.3, 0.4) is 0 Å². The molecule has 0 saturated carbocycles. The summed E-state index contributed by atoms with van der Waals surface area (Å²) in [4.78, 5) is 15.2. The second-order valence-electron chi connectivity index (χ2n) is 8.76. The third-order valence-corrected chi connectivity index (χ3v) is 6.29. The Morgan fingerprint density at radius 2 is 1.73 bits per heavy atom. The summed E-state index contributed by atoms with van der Waals surface area (Å²) >= 11 is 0. The Labute approximate surface area is 198 Å². The van der Waals surface area contributed by atoms with Crippen LogP contribution in [0.1, 0.15) is 66.9 Å². The highest BCUT2D eigenvalue weighted by molar-refractivity contribution is 7.86. The van der Waals surface area contributed by atoms with E-state index < -0.39 is 10.1 Å². The zero-order valence-corrected chi connectivity index (χ0v) is 20.5. The van der Waals surface area contributed by atoms with Crippen LogP contribution in [0, 0.1) is 0 Å². The van der Waals surface area contributed by atoms with Crippen molar-refractivity contribution in [2.45, 2.75) is 64.5 Å². The Kier molecular flexibility index (Phi) is 9.32. The normalized spacial score (nSPS) is 16.0. The van der Waals surface area contributed by atoms with Crippen LogP contribution < -0.4 is 4.18 Å². The first-order valence-corrected chi connectivity index (χ1v) is 13.6. The first-order valence-electron chi connectivity index (χ1n) is 11.8. The van der Waals surface area contributed by atoms with Gasteiger partial charge < -0.3 is 13.8 Å². The zero-order chi connectivity index (χ0) is 23.7. The minimum absolute atomic E-state index is 0.0282. The van der Waals surface area contributed by atoms with Gasteiger partial charge in [-0.1, -0.05) is 50.5 Å². The van der Waals surface area contributed by atoms with Crippen LogP contribution in [0.25, 0.3) is 0 Å². The molecule has 1 saturated heterocycles. The van der Waals surface area contributed by atoms with Gasteiger partial charge in [0.2, 0.25) is 0 Å². The van der Waals surface area contributed by atoms with Crippen molar-refractivity contribution in [3.05, 3.63) is 65.2 Å². The molecule has 2 aromatic rings. The van der Waals surface area contributed by atoms with E-state index in [1.807, 2.05) is 17.0 Å². The number of hydrogen-bond acceptors (Lipinski definition) is 5. The van der Waals surface area contributed by atoms with E-state index in [1.165, 1.54) is 31.2 Å². The van der Waals surface area contributed by atoms with Crippen molar-refractivity contribution in [1.82, 2.24) is 4.90 Å². The smallest absolute Gasteiger partial charge is 0.306 e. The van der Waals surface area contributed by atoms with Gasteiger partial charge >= 0.3 is 10.1 Å². The molecule has 0 aliphatic carbocycles. The van der Waals surface area contributed by atoms with Gasteiger partial charge in [-0.05, 0) is 61.1 Å². The Balaban J connectivity index is 1.68. The molecule has 0 spiro atoms. The molecular weight excluding hydrogens is 438 g/mol. The summed E-state index contributed by atoms with van der Waals surface area (Å²) in [5, 5.41) is 0. The second-order valence-corrected chi connectivity index (χ2v) is 10.3. The number of amides is 1. The minimum Gasteiger partial charge on any atom is -0.383 e. The summed E-state index contributed by atoms with van der Waals surface area (Å²) in [6.45, 7) is 3.88. The molecule has 2 aromatic carbocycles. The molecule has 1 aliphatic heterocycles. The average Bonchev–Trinajstić information content (AvgIpc) is 3.30. The van der Waals surface area contributed by atoms with E-state index in [-0.39, 0.29) is 17.8 Å². The number of nitrogens with zero attached hydrogens (tertiary/aromatic N) is 1. The molecule has 1 unspecified atom stereocenters. The Morgan fingerprint density at radius 1 is 1.03 bits per heavy atom. The molecular formula is C26H35NO5S. The third-order valence-electron chi connectivity index (χ3n) is 5.80. The summed E-state index contributed by atoms with van der Waals surface area (Å²) < 4.78 is 33.3. The third kappa shape index (κ3) is 8.48. The molecule has 1 amide bonds. The molecule has 1 heterocycles. The number of benzene rings is 2. The lowest BCUT2D eigenvalue weighted by molar-refractivity contribution is 0.0507. The summed E-state index contributed by atoms with van der Waals surface area (Å²) in [5.74, 6) is 0.229. The van der Waals surface area contributed by atoms with Gasteiger partial charge in [-0.3, -0.25) is 4.79 Å². The predicted molar refractivity (Wildman–Crippen MR) is 130 cm³/mol. The average molecular weight is 474 g/mol. The van der Waals surface area contributed by atoms with Crippen LogP contribution in [-0.2, 0) is 27.8 Å². The van der Waals surface area contributed by atoms with Gasteiger partial charge in [-0.15, -0.1) is 0 Å². The first-order chi connectivity index (χ1) is 15.8. The molecule has 33 heavy (non-hydrogen) atoms. The summed E-state index contributed by atoms with van der Waals surface area (Å²) in [5.41, 5.74) is 2.83. The summed E-state index contributed by atoms with van der Waals surface area (Å²) in [6, 6.07) is 14.7. The maximum Gasteiger partial charge on any atom is 0.306 e. The van der Waals surface area contributed by atoms with E-state index in [0.29, 0.717) is 18.7 Å². The zero-order valence-electron chi connectivity index (χ0n) is 19.7. The number of carbonyl (C=O) groups is 1. The van der Waals surface area contributed by atoms with E-state index in [0.717, 1.165) is 37.7 Å². The van der Waals surface area contributed by atoms with Crippen molar-refractivity contribution in [3.63, 3.8) is 0 Å². The maximum absolute atomic E-state index is 13.4. The lowest BCUT2D eigenvalue weighted by Gasteiger charge is -2.26. The van der Waals surface area contributed by atoms with E-state index in [2.05, 4.69) is 19.1 Å². The van der Waals surface area contributed by atoms with E-state index in [4.69, 9.17) is 8.92 Å². The second kappa shape index (κ2) is 12.2. The molecule has 6 nitrogen and oxygen atoms in total. The van der Waals surface area contributed by atoms with E-state index >= 15 is 0 Å². The van der Waals surface area contributed by atoms with Gasteiger partial charge in [0, 0.05) is 25.3 Å². The molecule has 0 aromatic heterocycles. The SMILES string of the molecule is CCCCCCc1ccc(C(=O)N(Cc2ccc(OS(C)(=O)=O)cc2)CC2CCCO2)cc1.